The fourth-order valence-electron chi connectivity index (χ4n) is 4.17. The molecule has 0 spiro atoms. The molecule has 0 bridgehead atoms. The van der Waals surface area contributed by atoms with Crippen molar-refractivity contribution in [3.8, 4) is 0 Å². The van der Waals surface area contributed by atoms with E-state index in [1.165, 1.54) is 65.6 Å². The van der Waals surface area contributed by atoms with Crippen molar-refractivity contribution in [3.63, 3.8) is 0 Å². The third-order valence-electron chi connectivity index (χ3n) is 6.39. The molecule has 1 aliphatic heterocycles. The van der Waals surface area contributed by atoms with Gasteiger partial charge in [0.15, 0.2) is 5.78 Å². The van der Waals surface area contributed by atoms with Crippen molar-refractivity contribution in [2.75, 3.05) is 19.7 Å². The first kappa shape index (κ1) is 32.1. The molecule has 0 aliphatic carbocycles. The van der Waals surface area contributed by atoms with Crippen LogP contribution in [0.5, 0.6) is 0 Å². The average molecular weight is 591 g/mol. The van der Waals surface area contributed by atoms with Gasteiger partial charge in [0.25, 0.3) is 11.4 Å². The van der Waals surface area contributed by atoms with Crippen molar-refractivity contribution in [1.82, 2.24) is 10.2 Å². The third kappa shape index (κ3) is 8.76. The number of non-ortho nitro benzene ring substituents is 2. The summed E-state index contributed by atoms with van der Waals surface area (Å²) in [6.45, 7) is 5.03. The maximum atomic E-state index is 13.4. The summed E-state index contributed by atoms with van der Waals surface area (Å²) in [5, 5.41) is 24.5. The normalized spacial score (nSPS) is 16.0. The molecule has 13 nitrogen and oxygen atoms in total. The second-order valence-electron chi connectivity index (χ2n) is 9.88. The van der Waals surface area contributed by atoms with Crippen molar-refractivity contribution in [3.05, 3.63) is 103 Å². The Morgan fingerprint density at radius 2 is 1.35 bits per heavy atom. The number of esters is 1. The van der Waals surface area contributed by atoms with Crippen LogP contribution in [0.4, 0.5) is 11.4 Å². The number of hydrogen-bond donors (Lipinski definition) is 1. The topological polar surface area (TPSA) is 179 Å². The Morgan fingerprint density at radius 3 is 1.74 bits per heavy atom. The Hall–Kier alpha value is -5.46. The lowest BCUT2D eigenvalue weighted by molar-refractivity contribution is -0.385. The Bertz CT molecular complexity index is 1430. The highest BCUT2D eigenvalue weighted by atomic mass is 16.6. The molecule has 1 fully saturated rings. The number of likely N-dealkylation sites (tertiary alicyclic amines) is 1. The van der Waals surface area contributed by atoms with Gasteiger partial charge in [-0.3, -0.25) is 34.6 Å². The van der Waals surface area contributed by atoms with Crippen molar-refractivity contribution in [1.29, 1.82) is 0 Å². The lowest BCUT2D eigenvalue weighted by Gasteiger charge is -2.29. The first-order valence-electron chi connectivity index (χ1n) is 13.3. The molecule has 1 aliphatic rings. The molecule has 0 saturated carbocycles. The van der Waals surface area contributed by atoms with Gasteiger partial charge >= 0.3 is 5.97 Å². The van der Waals surface area contributed by atoms with Crippen molar-refractivity contribution in [2.45, 2.75) is 26.8 Å². The number of benzene rings is 2. The van der Waals surface area contributed by atoms with E-state index in [0.717, 1.165) is 12.2 Å². The molecule has 3 rings (SSSR count). The van der Waals surface area contributed by atoms with Crippen LogP contribution in [0.2, 0.25) is 0 Å². The van der Waals surface area contributed by atoms with Crippen LogP contribution in [-0.2, 0) is 23.9 Å². The molecule has 0 unspecified atom stereocenters. The monoisotopic (exact) mass is 590 g/mol. The quantitative estimate of drug-likeness (QED) is 0.187. The maximum Gasteiger partial charge on any atom is 0.328 e. The minimum atomic E-state index is -0.910. The van der Waals surface area contributed by atoms with Crippen molar-refractivity contribution in [2.24, 2.45) is 5.92 Å². The minimum Gasteiger partial charge on any atom is -0.464 e. The zero-order valence-corrected chi connectivity index (χ0v) is 23.7. The summed E-state index contributed by atoms with van der Waals surface area (Å²) < 4.78 is 4.99. The summed E-state index contributed by atoms with van der Waals surface area (Å²) >= 11 is 0. The van der Waals surface area contributed by atoms with Gasteiger partial charge in [0.05, 0.1) is 29.5 Å². The first-order chi connectivity index (χ1) is 20.4. The van der Waals surface area contributed by atoms with Crippen LogP contribution >= 0.6 is 0 Å². The first-order valence-corrected chi connectivity index (χ1v) is 13.3. The van der Waals surface area contributed by atoms with E-state index in [1.54, 1.807) is 20.8 Å². The van der Waals surface area contributed by atoms with Gasteiger partial charge in [0, 0.05) is 47.6 Å². The van der Waals surface area contributed by atoms with Gasteiger partial charge in [0.2, 0.25) is 11.8 Å². The fraction of sp³-hybridized carbons (Fsp3) is 0.267. The maximum absolute atomic E-state index is 13.4. The summed E-state index contributed by atoms with van der Waals surface area (Å²) in [6.07, 6.45) is 5.05. The zero-order chi connectivity index (χ0) is 31.7. The van der Waals surface area contributed by atoms with Crippen LogP contribution < -0.4 is 5.32 Å². The fourth-order valence-corrected chi connectivity index (χ4v) is 4.17. The van der Waals surface area contributed by atoms with E-state index in [-0.39, 0.29) is 53.9 Å². The second kappa shape index (κ2) is 14.4. The van der Waals surface area contributed by atoms with Crippen LogP contribution in [0.3, 0.4) is 0 Å². The van der Waals surface area contributed by atoms with E-state index in [9.17, 15) is 39.4 Å². The largest absolute Gasteiger partial charge is 0.464 e. The van der Waals surface area contributed by atoms with Crippen molar-refractivity contribution < 1.29 is 33.8 Å². The molecule has 13 heteroatoms. The summed E-state index contributed by atoms with van der Waals surface area (Å²) in [7, 11) is 0. The highest BCUT2D eigenvalue weighted by Crippen LogP contribution is 2.24. The number of rotatable bonds is 10. The van der Waals surface area contributed by atoms with E-state index in [2.05, 4.69) is 5.32 Å². The molecule has 1 N–H and O–H groups in total. The van der Waals surface area contributed by atoms with Crippen LogP contribution in [0.1, 0.15) is 31.9 Å². The Morgan fingerprint density at radius 1 is 0.884 bits per heavy atom. The number of piperidine rings is 1. The van der Waals surface area contributed by atoms with Gasteiger partial charge in [-0.2, -0.15) is 0 Å². The van der Waals surface area contributed by atoms with E-state index in [0.29, 0.717) is 11.1 Å². The van der Waals surface area contributed by atoms with Gasteiger partial charge in [-0.25, -0.2) is 4.79 Å². The molecule has 2 amide bonds. The smallest absolute Gasteiger partial charge is 0.328 e. The lowest BCUT2D eigenvalue weighted by atomic mass is 9.94. The predicted molar refractivity (Wildman–Crippen MR) is 156 cm³/mol. The van der Waals surface area contributed by atoms with E-state index in [1.807, 2.05) is 0 Å². The molecule has 1 saturated heterocycles. The third-order valence-corrected chi connectivity index (χ3v) is 6.39. The molecular weight excluding hydrogens is 560 g/mol. The summed E-state index contributed by atoms with van der Waals surface area (Å²) in [6, 6.07) is 10.1. The minimum absolute atomic E-state index is 0.115. The number of carbonyl (C=O) groups is 4. The predicted octanol–water partition coefficient (Wildman–Crippen LogP) is 3.64. The van der Waals surface area contributed by atoms with Gasteiger partial charge in [0.1, 0.15) is 6.04 Å². The van der Waals surface area contributed by atoms with E-state index < -0.39 is 33.7 Å². The number of ether oxygens (including phenoxy) is 1. The van der Waals surface area contributed by atoms with Crippen LogP contribution in [0.15, 0.2) is 71.8 Å². The van der Waals surface area contributed by atoms with Crippen LogP contribution in [0, 0.1) is 26.1 Å². The van der Waals surface area contributed by atoms with Crippen molar-refractivity contribution >= 4 is 47.1 Å². The zero-order valence-electron chi connectivity index (χ0n) is 23.7. The Labute approximate surface area is 246 Å². The van der Waals surface area contributed by atoms with Gasteiger partial charge in [-0.1, -0.05) is 13.8 Å². The lowest BCUT2D eigenvalue weighted by Crippen LogP contribution is -2.45. The molecule has 1 atom stereocenters. The summed E-state index contributed by atoms with van der Waals surface area (Å²) in [5.41, 5.74) is 1.15. The number of Topliss-reactive ketones (excluding diaryl/α,β-unsaturated/α-hetero) is 1. The van der Waals surface area contributed by atoms with Gasteiger partial charge in [-0.05, 0) is 60.4 Å². The number of nitro groups is 2. The van der Waals surface area contributed by atoms with Crippen LogP contribution in [-0.4, -0.2) is 64.1 Å². The molecule has 1 heterocycles. The SMILES string of the molecule is CCOC(=O)[C@@H](NC(=O)/C=C\C(=O)N1C/C(=C\c2ccc([N+](=O)[O-])cc2)C(=O)/C(=C/c2ccc([N+](=O)[O-])cc2)C1)C(C)C. The van der Waals surface area contributed by atoms with E-state index >= 15 is 0 Å². The standard InChI is InChI=1S/C30H30N4O9/c1-4-43-30(38)28(19(2)3)31-26(35)13-14-27(36)32-17-22(15-20-5-9-24(10-6-20)33(39)40)29(37)23(18-32)16-21-7-11-25(12-8-21)34(41)42/h5-16,19,28H,4,17-18H2,1-3H3,(H,31,35)/b14-13-,22-15+,23-16+/t28-/m0/s1. The van der Waals surface area contributed by atoms with Gasteiger partial charge < -0.3 is 15.0 Å². The second-order valence-corrected chi connectivity index (χ2v) is 9.88. The molecule has 224 valence electrons. The number of nitrogens with one attached hydrogen (secondary N) is 1. The van der Waals surface area contributed by atoms with Crippen LogP contribution in [0.25, 0.3) is 12.2 Å². The number of ketones is 1. The number of nitrogens with zero attached hydrogens (tertiary/aromatic N) is 3. The van der Waals surface area contributed by atoms with Gasteiger partial charge in [-0.15, -0.1) is 0 Å². The molecule has 0 radical (unpaired) electrons. The molecule has 2 aromatic carbocycles. The number of nitro benzene ring substituents is 2. The number of amides is 2. The van der Waals surface area contributed by atoms with E-state index in [4.69, 9.17) is 4.74 Å². The highest BCUT2D eigenvalue weighted by Gasteiger charge is 2.29. The number of hydrogen-bond acceptors (Lipinski definition) is 9. The summed E-state index contributed by atoms with van der Waals surface area (Å²) in [4.78, 5) is 73.5. The molecule has 0 aromatic heterocycles. The Kier molecular flexibility index (Phi) is 10.8. The molecular formula is C30H30N4O9. The summed E-state index contributed by atoms with van der Waals surface area (Å²) in [5.74, 6) is -2.51. The number of carbonyl (C=O) groups excluding carboxylic acids is 4. The molecule has 2 aromatic rings. The average Bonchev–Trinajstić information content (AvgIpc) is 2.97. The highest BCUT2D eigenvalue weighted by molar-refractivity contribution is 6.15. The molecule has 43 heavy (non-hydrogen) atoms. The Balaban J connectivity index is 1.89.